The fourth-order valence-corrected chi connectivity index (χ4v) is 2.87. The molecule has 0 saturated carbocycles. The molecule has 0 amide bonds. The molecule has 0 saturated heterocycles. The second-order valence-electron chi connectivity index (χ2n) is 5.91. The van der Waals surface area contributed by atoms with Gasteiger partial charge >= 0.3 is 0 Å². The number of methoxy groups -OCH3 is 1. The molecular formula is C17H17Cl3O. The van der Waals surface area contributed by atoms with E-state index in [4.69, 9.17) is 39.5 Å². The number of halogens is 3. The first-order valence-electron chi connectivity index (χ1n) is 6.57. The van der Waals surface area contributed by atoms with Crippen LogP contribution in [0.25, 0.3) is 11.1 Å². The van der Waals surface area contributed by atoms with E-state index in [0.717, 1.165) is 22.4 Å². The van der Waals surface area contributed by atoms with Crippen molar-refractivity contribution in [1.29, 1.82) is 0 Å². The quantitative estimate of drug-likeness (QED) is 0.595. The van der Waals surface area contributed by atoms with Gasteiger partial charge in [0.05, 0.1) is 12.1 Å². The molecule has 2 aromatic rings. The molecule has 0 radical (unpaired) electrons. The highest BCUT2D eigenvalue weighted by molar-refractivity contribution is 6.37. The molecule has 0 N–H and O–H groups in total. The van der Waals surface area contributed by atoms with E-state index in [9.17, 15) is 0 Å². The molecule has 2 aromatic carbocycles. The van der Waals surface area contributed by atoms with Crippen LogP contribution < -0.4 is 4.74 Å². The summed E-state index contributed by atoms with van der Waals surface area (Å²) < 4.78 is 5.45. The molecule has 21 heavy (non-hydrogen) atoms. The lowest BCUT2D eigenvalue weighted by atomic mass is 9.84. The van der Waals surface area contributed by atoms with Gasteiger partial charge in [-0.25, -0.2) is 0 Å². The number of hydrogen-bond acceptors (Lipinski definition) is 1. The Balaban J connectivity index is 2.73. The zero-order chi connectivity index (χ0) is 15.8. The predicted octanol–water partition coefficient (Wildman–Crippen LogP) is 6.62. The Kier molecular flexibility index (Phi) is 4.77. The molecule has 0 aromatic heterocycles. The molecule has 1 nitrogen and oxygen atoms in total. The summed E-state index contributed by atoms with van der Waals surface area (Å²) in [5.41, 5.74) is 2.67. The number of rotatable bonds is 2. The monoisotopic (exact) mass is 342 g/mol. The number of hydrogen-bond donors (Lipinski definition) is 0. The van der Waals surface area contributed by atoms with Gasteiger partial charge < -0.3 is 4.74 Å². The lowest BCUT2D eigenvalue weighted by Crippen LogP contribution is -2.13. The Hall–Kier alpha value is -0.890. The highest BCUT2D eigenvalue weighted by atomic mass is 35.5. The lowest BCUT2D eigenvalue weighted by Gasteiger charge is -2.24. The minimum atomic E-state index is -0.0737. The van der Waals surface area contributed by atoms with Gasteiger partial charge in [0.15, 0.2) is 0 Å². The summed E-state index contributed by atoms with van der Waals surface area (Å²) in [6.45, 7) is 6.38. The van der Waals surface area contributed by atoms with Crippen molar-refractivity contribution < 1.29 is 4.74 Å². The minimum absolute atomic E-state index is 0.0737. The Morgan fingerprint density at radius 3 is 2.05 bits per heavy atom. The van der Waals surface area contributed by atoms with Crippen molar-refractivity contribution in [2.24, 2.45) is 0 Å². The largest absolute Gasteiger partial charge is 0.496 e. The van der Waals surface area contributed by atoms with Gasteiger partial charge in [-0.1, -0.05) is 55.6 Å². The van der Waals surface area contributed by atoms with E-state index in [0.29, 0.717) is 15.1 Å². The maximum atomic E-state index is 6.41. The summed E-state index contributed by atoms with van der Waals surface area (Å²) in [7, 11) is 1.65. The first-order valence-corrected chi connectivity index (χ1v) is 7.71. The summed E-state index contributed by atoms with van der Waals surface area (Å²) >= 11 is 18.8. The van der Waals surface area contributed by atoms with Gasteiger partial charge in [0.2, 0.25) is 0 Å². The molecule has 0 aliphatic carbocycles. The van der Waals surface area contributed by atoms with Gasteiger partial charge in [-0.15, -0.1) is 0 Å². The van der Waals surface area contributed by atoms with E-state index < -0.39 is 0 Å². The molecule has 0 aliphatic heterocycles. The normalized spacial score (nSPS) is 11.6. The van der Waals surface area contributed by atoms with Crippen molar-refractivity contribution in [2.45, 2.75) is 26.2 Å². The highest BCUT2D eigenvalue weighted by Crippen LogP contribution is 2.41. The fourth-order valence-electron chi connectivity index (χ4n) is 2.22. The Morgan fingerprint density at radius 2 is 1.48 bits per heavy atom. The van der Waals surface area contributed by atoms with Gasteiger partial charge in [-0.3, -0.25) is 0 Å². The summed E-state index contributed by atoms with van der Waals surface area (Å²) in [4.78, 5) is 0. The lowest BCUT2D eigenvalue weighted by molar-refractivity contribution is 0.397. The summed E-state index contributed by atoms with van der Waals surface area (Å²) in [6.07, 6.45) is 0. The molecule has 0 heterocycles. The first kappa shape index (κ1) is 16.5. The maximum Gasteiger partial charge on any atom is 0.124 e. The van der Waals surface area contributed by atoms with Crippen LogP contribution in [-0.2, 0) is 5.41 Å². The predicted molar refractivity (Wildman–Crippen MR) is 92.2 cm³/mol. The van der Waals surface area contributed by atoms with E-state index in [-0.39, 0.29) is 5.41 Å². The first-order chi connectivity index (χ1) is 9.74. The molecule has 0 spiro atoms. The third-order valence-electron chi connectivity index (χ3n) is 3.32. The van der Waals surface area contributed by atoms with Crippen LogP contribution in [0.5, 0.6) is 5.75 Å². The Morgan fingerprint density at radius 1 is 0.857 bits per heavy atom. The van der Waals surface area contributed by atoms with Gasteiger partial charge in [0.1, 0.15) is 5.75 Å². The van der Waals surface area contributed by atoms with E-state index in [1.54, 1.807) is 19.2 Å². The zero-order valence-corrected chi connectivity index (χ0v) is 14.7. The van der Waals surface area contributed by atoms with Crippen LogP contribution >= 0.6 is 34.8 Å². The molecule has 0 atom stereocenters. The van der Waals surface area contributed by atoms with Gasteiger partial charge in [0.25, 0.3) is 0 Å². The maximum absolute atomic E-state index is 6.41. The van der Waals surface area contributed by atoms with Crippen LogP contribution in [0.15, 0.2) is 30.3 Å². The second-order valence-corrected chi connectivity index (χ2v) is 7.16. The molecule has 2 rings (SSSR count). The molecule has 112 valence electrons. The topological polar surface area (TPSA) is 9.23 Å². The Labute approximate surface area is 140 Å². The van der Waals surface area contributed by atoms with Crippen LogP contribution in [0.1, 0.15) is 26.3 Å². The van der Waals surface area contributed by atoms with E-state index >= 15 is 0 Å². The summed E-state index contributed by atoms with van der Waals surface area (Å²) in [6, 6.07) is 9.21. The number of ether oxygens (including phenoxy) is 1. The average Bonchev–Trinajstić information content (AvgIpc) is 2.40. The third kappa shape index (κ3) is 3.48. The molecule has 0 fully saturated rings. The Bertz CT molecular complexity index is 672. The average molecular weight is 344 g/mol. The molecule has 0 aliphatic rings. The highest BCUT2D eigenvalue weighted by Gasteiger charge is 2.22. The minimum Gasteiger partial charge on any atom is -0.496 e. The molecule has 0 unspecified atom stereocenters. The van der Waals surface area contributed by atoms with Crippen molar-refractivity contribution in [3.05, 3.63) is 51.0 Å². The van der Waals surface area contributed by atoms with Crippen LogP contribution in [0.3, 0.4) is 0 Å². The third-order valence-corrected chi connectivity index (χ3v) is 4.19. The second kappa shape index (κ2) is 6.08. The van der Waals surface area contributed by atoms with Crippen molar-refractivity contribution in [3.63, 3.8) is 0 Å². The molecule has 4 heteroatoms. The summed E-state index contributed by atoms with van der Waals surface area (Å²) in [5.74, 6) is 0.773. The summed E-state index contributed by atoms with van der Waals surface area (Å²) in [5, 5.41) is 1.83. The van der Waals surface area contributed by atoms with Crippen molar-refractivity contribution >= 4 is 34.8 Å². The van der Waals surface area contributed by atoms with Crippen molar-refractivity contribution in [2.75, 3.05) is 7.11 Å². The number of benzene rings is 2. The van der Waals surface area contributed by atoms with Crippen molar-refractivity contribution in [3.8, 4) is 16.9 Å². The van der Waals surface area contributed by atoms with Gasteiger partial charge in [-0.05, 0) is 35.7 Å². The smallest absolute Gasteiger partial charge is 0.124 e. The fraction of sp³-hybridized carbons (Fsp3) is 0.294. The standard InChI is InChI=1S/C17H17Cl3O/c1-17(2,3)13-8-12(15(20)9-16(13)21-4)11-7-10(18)5-6-14(11)19/h5-9H,1-4H3. The van der Waals surface area contributed by atoms with Crippen LogP contribution in [-0.4, -0.2) is 7.11 Å². The van der Waals surface area contributed by atoms with Crippen LogP contribution in [0, 0.1) is 0 Å². The molecular weight excluding hydrogens is 327 g/mol. The zero-order valence-electron chi connectivity index (χ0n) is 12.4. The van der Waals surface area contributed by atoms with Gasteiger partial charge in [0, 0.05) is 26.7 Å². The van der Waals surface area contributed by atoms with Gasteiger partial charge in [-0.2, -0.15) is 0 Å². The van der Waals surface area contributed by atoms with Crippen LogP contribution in [0.2, 0.25) is 15.1 Å². The van der Waals surface area contributed by atoms with E-state index in [2.05, 4.69) is 20.8 Å². The van der Waals surface area contributed by atoms with E-state index in [1.807, 2.05) is 18.2 Å². The molecule has 0 bridgehead atoms. The van der Waals surface area contributed by atoms with Crippen molar-refractivity contribution in [1.82, 2.24) is 0 Å². The SMILES string of the molecule is COc1cc(Cl)c(-c2cc(Cl)ccc2Cl)cc1C(C)(C)C. The van der Waals surface area contributed by atoms with Crippen LogP contribution in [0.4, 0.5) is 0 Å². The van der Waals surface area contributed by atoms with E-state index in [1.165, 1.54) is 0 Å².